The molecule has 2 aromatic carbocycles. The highest BCUT2D eigenvalue weighted by atomic mass is 127. The molecule has 1 atom stereocenters. The van der Waals surface area contributed by atoms with Crippen LogP contribution in [0.25, 0.3) is 0 Å². The molecule has 176 valence electrons. The fourth-order valence-corrected chi connectivity index (χ4v) is 4.04. The first-order chi connectivity index (χ1) is 15.2. The molecule has 7 heteroatoms. The molecular weight excluding hydrogens is 513 g/mol. The van der Waals surface area contributed by atoms with Crippen LogP contribution in [-0.2, 0) is 6.42 Å². The van der Waals surface area contributed by atoms with Crippen LogP contribution in [0.5, 0.6) is 5.75 Å². The quantitative estimate of drug-likeness (QED) is 0.217. The van der Waals surface area contributed by atoms with Crippen molar-refractivity contribution in [1.82, 2.24) is 20.4 Å². The SMILES string of the molecule is CN=C(NCCCN1CCN(C)CC1c1ccccc1)NCCc1ccc(OC)cc1.I. The molecule has 1 saturated heterocycles. The Morgan fingerprint density at radius 2 is 1.75 bits per heavy atom. The van der Waals surface area contributed by atoms with E-state index in [-0.39, 0.29) is 24.0 Å². The summed E-state index contributed by atoms with van der Waals surface area (Å²) < 4.78 is 5.21. The van der Waals surface area contributed by atoms with Crippen molar-refractivity contribution in [1.29, 1.82) is 0 Å². The number of halogens is 1. The van der Waals surface area contributed by atoms with Gasteiger partial charge in [0, 0.05) is 52.4 Å². The highest BCUT2D eigenvalue weighted by molar-refractivity contribution is 14.0. The first-order valence-corrected chi connectivity index (χ1v) is 11.2. The lowest BCUT2D eigenvalue weighted by Gasteiger charge is -2.40. The lowest BCUT2D eigenvalue weighted by molar-refractivity contribution is 0.0891. The second-order valence-corrected chi connectivity index (χ2v) is 8.10. The maximum Gasteiger partial charge on any atom is 0.190 e. The van der Waals surface area contributed by atoms with E-state index in [1.807, 2.05) is 19.2 Å². The fraction of sp³-hybridized carbons (Fsp3) is 0.480. The van der Waals surface area contributed by atoms with Crippen molar-refractivity contribution < 1.29 is 4.74 Å². The van der Waals surface area contributed by atoms with Gasteiger partial charge < -0.3 is 20.3 Å². The average molecular weight is 552 g/mol. The number of nitrogens with one attached hydrogen (secondary N) is 2. The van der Waals surface area contributed by atoms with Gasteiger partial charge in [0.2, 0.25) is 0 Å². The maximum atomic E-state index is 5.21. The molecule has 2 aromatic rings. The largest absolute Gasteiger partial charge is 0.497 e. The molecule has 6 nitrogen and oxygen atoms in total. The number of likely N-dealkylation sites (N-methyl/N-ethyl adjacent to an activating group) is 1. The summed E-state index contributed by atoms with van der Waals surface area (Å²) in [6, 6.07) is 19.6. The van der Waals surface area contributed by atoms with E-state index < -0.39 is 0 Å². The predicted molar refractivity (Wildman–Crippen MR) is 144 cm³/mol. The zero-order valence-corrected chi connectivity index (χ0v) is 21.9. The van der Waals surface area contributed by atoms with Gasteiger partial charge in [-0.25, -0.2) is 0 Å². The molecule has 32 heavy (non-hydrogen) atoms. The third-order valence-electron chi connectivity index (χ3n) is 5.88. The Morgan fingerprint density at radius 1 is 1.03 bits per heavy atom. The first-order valence-electron chi connectivity index (χ1n) is 11.2. The molecule has 1 fully saturated rings. The average Bonchev–Trinajstić information content (AvgIpc) is 2.82. The fourth-order valence-electron chi connectivity index (χ4n) is 4.04. The molecule has 0 saturated carbocycles. The van der Waals surface area contributed by atoms with Crippen molar-refractivity contribution in [2.75, 3.05) is 60.5 Å². The van der Waals surface area contributed by atoms with Gasteiger partial charge in [-0.1, -0.05) is 42.5 Å². The number of piperazine rings is 1. The summed E-state index contributed by atoms with van der Waals surface area (Å²) in [6.45, 7) is 6.18. The third kappa shape index (κ3) is 8.26. The van der Waals surface area contributed by atoms with Crippen molar-refractivity contribution in [3.63, 3.8) is 0 Å². The van der Waals surface area contributed by atoms with Crippen molar-refractivity contribution >= 4 is 29.9 Å². The molecule has 1 unspecified atom stereocenters. The minimum atomic E-state index is 0. The van der Waals surface area contributed by atoms with Crippen LogP contribution in [-0.4, -0.2) is 76.2 Å². The Balaban J connectivity index is 0.00000363. The number of ether oxygens (including phenoxy) is 1. The van der Waals surface area contributed by atoms with E-state index in [1.165, 1.54) is 11.1 Å². The molecule has 0 aliphatic carbocycles. The minimum Gasteiger partial charge on any atom is -0.497 e. The molecule has 1 aliphatic heterocycles. The molecule has 2 N–H and O–H groups in total. The van der Waals surface area contributed by atoms with Gasteiger partial charge in [-0.15, -0.1) is 24.0 Å². The van der Waals surface area contributed by atoms with Gasteiger partial charge in [0.05, 0.1) is 7.11 Å². The monoisotopic (exact) mass is 551 g/mol. The van der Waals surface area contributed by atoms with Crippen LogP contribution in [0.4, 0.5) is 0 Å². The van der Waals surface area contributed by atoms with Crippen LogP contribution in [0.2, 0.25) is 0 Å². The Labute approximate surface area is 210 Å². The zero-order chi connectivity index (χ0) is 21.9. The van der Waals surface area contributed by atoms with Gasteiger partial charge in [-0.2, -0.15) is 0 Å². The second-order valence-electron chi connectivity index (χ2n) is 8.10. The first kappa shape index (κ1) is 26.4. The Morgan fingerprint density at radius 3 is 2.44 bits per heavy atom. The van der Waals surface area contributed by atoms with Crippen LogP contribution in [0.15, 0.2) is 59.6 Å². The normalized spacial score (nSPS) is 17.5. The number of nitrogens with zero attached hydrogens (tertiary/aromatic N) is 3. The number of hydrogen-bond acceptors (Lipinski definition) is 4. The minimum absolute atomic E-state index is 0. The van der Waals surface area contributed by atoms with Gasteiger partial charge in [-0.3, -0.25) is 9.89 Å². The van der Waals surface area contributed by atoms with Crippen LogP contribution in [0, 0.1) is 0 Å². The summed E-state index contributed by atoms with van der Waals surface area (Å²) in [7, 11) is 5.74. The topological polar surface area (TPSA) is 52.1 Å². The summed E-state index contributed by atoms with van der Waals surface area (Å²) >= 11 is 0. The molecule has 0 spiro atoms. The van der Waals surface area contributed by atoms with Crippen molar-refractivity contribution in [2.45, 2.75) is 18.9 Å². The Bertz CT molecular complexity index is 800. The molecular formula is C25H38IN5O. The van der Waals surface area contributed by atoms with E-state index in [9.17, 15) is 0 Å². The Kier molecular flexibility index (Phi) is 11.8. The number of hydrogen-bond donors (Lipinski definition) is 2. The number of benzene rings is 2. The molecule has 3 rings (SSSR count). The van der Waals surface area contributed by atoms with Gasteiger partial charge in [0.15, 0.2) is 5.96 Å². The third-order valence-corrected chi connectivity index (χ3v) is 5.88. The van der Waals surface area contributed by atoms with Gasteiger partial charge in [0.1, 0.15) is 5.75 Å². The van der Waals surface area contributed by atoms with Crippen molar-refractivity contribution in [3.8, 4) is 5.75 Å². The van der Waals surface area contributed by atoms with Gasteiger partial charge in [-0.05, 0) is 43.1 Å². The van der Waals surface area contributed by atoms with Gasteiger partial charge >= 0.3 is 0 Å². The van der Waals surface area contributed by atoms with Crippen LogP contribution in [0.1, 0.15) is 23.6 Å². The number of rotatable bonds is 9. The molecule has 0 aromatic heterocycles. The zero-order valence-electron chi connectivity index (χ0n) is 19.6. The lowest BCUT2D eigenvalue weighted by Crippen LogP contribution is -2.47. The molecule has 1 aliphatic rings. The Hall–Kier alpha value is -1.84. The summed E-state index contributed by atoms with van der Waals surface area (Å²) in [4.78, 5) is 9.41. The number of guanidine groups is 1. The highest BCUT2D eigenvalue weighted by Gasteiger charge is 2.25. The van der Waals surface area contributed by atoms with Crippen LogP contribution in [0.3, 0.4) is 0 Å². The molecule has 1 heterocycles. The van der Waals surface area contributed by atoms with E-state index in [1.54, 1.807) is 7.11 Å². The molecule has 0 bridgehead atoms. The molecule has 0 amide bonds. The summed E-state index contributed by atoms with van der Waals surface area (Å²) in [6.07, 6.45) is 2.04. The number of aliphatic imine (C=N–C) groups is 1. The van der Waals surface area contributed by atoms with Crippen molar-refractivity contribution in [2.24, 2.45) is 4.99 Å². The maximum absolute atomic E-state index is 5.21. The van der Waals surface area contributed by atoms with E-state index >= 15 is 0 Å². The van der Waals surface area contributed by atoms with Crippen LogP contribution >= 0.6 is 24.0 Å². The van der Waals surface area contributed by atoms with E-state index in [4.69, 9.17) is 4.74 Å². The highest BCUT2D eigenvalue weighted by Crippen LogP contribution is 2.24. The number of methoxy groups -OCH3 is 1. The smallest absolute Gasteiger partial charge is 0.190 e. The summed E-state index contributed by atoms with van der Waals surface area (Å²) in [5.74, 6) is 1.76. The standard InChI is InChI=1S/C25H37N5O.HI/c1-26-25(28-16-14-21-10-12-23(31-3)13-11-21)27-15-7-17-30-19-18-29(2)20-24(30)22-8-5-4-6-9-22;/h4-6,8-13,24H,7,14-20H2,1-3H3,(H2,26,27,28);1H. The van der Waals surface area contributed by atoms with Crippen LogP contribution < -0.4 is 15.4 Å². The van der Waals surface area contributed by atoms with E-state index in [0.717, 1.165) is 63.8 Å². The lowest BCUT2D eigenvalue weighted by atomic mass is 10.0. The second kappa shape index (κ2) is 14.3. The summed E-state index contributed by atoms with van der Waals surface area (Å²) in [5, 5.41) is 6.87. The van der Waals surface area contributed by atoms with Gasteiger partial charge in [0.25, 0.3) is 0 Å². The predicted octanol–water partition coefficient (Wildman–Crippen LogP) is 3.40. The van der Waals surface area contributed by atoms with Crippen molar-refractivity contribution in [3.05, 3.63) is 65.7 Å². The molecule has 0 radical (unpaired) electrons. The van der Waals surface area contributed by atoms with E-state index in [2.05, 4.69) is 74.9 Å². The van der Waals surface area contributed by atoms with E-state index in [0.29, 0.717) is 6.04 Å². The summed E-state index contributed by atoms with van der Waals surface area (Å²) in [5.41, 5.74) is 2.70.